The lowest BCUT2D eigenvalue weighted by Gasteiger charge is -2.15. The van der Waals surface area contributed by atoms with Crippen molar-refractivity contribution in [1.82, 2.24) is 0 Å². The molecule has 2 N–H and O–H groups in total. The Hall–Kier alpha value is -2.82. The fourth-order valence-corrected chi connectivity index (χ4v) is 2.91. The molecule has 0 aromatic heterocycles. The monoisotopic (exact) mass is 393 g/mol. The van der Waals surface area contributed by atoms with E-state index in [-0.39, 0.29) is 10.5 Å². The lowest BCUT2D eigenvalue weighted by atomic mass is 10.2. The van der Waals surface area contributed by atoms with Gasteiger partial charge in [-0.15, -0.1) is 0 Å². The first-order valence-corrected chi connectivity index (χ1v) is 8.31. The van der Waals surface area contributed by atoms with Crippen molar-refractivity contribution in [2.75, 3.05) is 11.3 Å². The highest BCUT2D eigenvalue weighted by Gasteiger charge is 2.29. The zero-order chi connectivity index (χ0) is 19.5. The normalized spacial score (nSPS) is 11.8. The summed E-state index contributed by atoms with van der Waals surface area (Å²) in [6.45, 7) is -1.69. The zero-order valence-corrected chi connectivity index (χ0v) is 13.6. The third-order valence-corrected chi connectivity index (χ3v) is 4.37. The molecule has 0 fully saturated rings. The highest BCUT2D eigenvalue weighted by Crippen LogP contribution is 2.29. The van der Waals surface area contributed by atoms with Crippen molar-refractivity contribution in [2.45, 2.75) is 11.1 Å². The van der Waals surface area contributed by atoms with Crippen molar-refractivity contribution in [2.24, 2.45) is 0 Å². The van der Waals surface area contributed by atoms with Crippen LogP contribution < -0.4 is 9.46 Å². The number of ether oxygens (including phenoxy) is 1. The molecular formula is C15H11F4NO5S. The number of halogens is 4. The lowest BCUT2D eigenvalue weighted by Crippen LogP contribution is -2.20. The highest BCUT2D eigenvalue weighted by molar-refractivity contribution is 7.92. The van der Waals surface area contributed by atoms with Crippen LogP contribution in [0.5, 0.6) is 5.75 Å². The summed E-state index contributed by atoms with van der Waals surface area (Å²) in [7, 11) is -4.32. The van der Waals surface area contributed by atoms with Crippen LogP contribution in [0.2, 0.25) is 0 Å². The van der Waals surface area contributed by atoms with Crippen molar-refractivity contribution in [3.05, 3.63) is 53.8 Å². The predicted octanol–water partition coefficient (Wildman–Crippen LogP) is 3.27. The molecule has 0 radical (unpaired) electrons. The van der Waals surface area contributed by atoms with Gasteiger partial charge >= 0.3 is 12.1 Å². The van der Waals surface area contributed by atoms with E-state index in [4.69, 9.17) is 5.11 Å². The lowest BCUT2D eigenvalue weighted by molar-refractivity contribution is -0.153. The summed E-state index contributed by atoms with van der Waals surface area (Å²) in [5, 5.41) is 8.79. The molecule has 2 aromatic rings. The van der Waals surface area contributed by atoms with Gasteiger partial charge < -0.3 is 9.84 Å². The summed E-state index contributed by atoms with van der Waals surface area (Å²) < 4.78 is 81.2. The van der Waals surface area contributed by atoms with Gasteiger partial charge in [0.25, 0.3) is 10.0 Å². The molecule has 6 nitrogen and oxygen atoms in total. The number of benzene rings is 2. The highest BCUT2D eigenvalue weighted by atomic mass is 32.2. The van der Waals surface area contributed by atoms with Gasteiger partial charge in [-0.25, -0.2) is 17.6 Å². The maximum Gasteiger partial charge on any atom is 0.422 e. The molecule has 0 saturated heterocycles. The van der Waals surface area contributed by atoms with Crippen LogP contribution in [0.3, 0.4) is 0 Å². The van der Waals surface area contributed by atoms with E-state index in [9.17, 15) is 30.8 Å². The molecule has 2 aromatic carbocycles. The minimum absolute atomic E-state index is 0.163. The Kier molecular flexibility index (Phi) is 5.40. The smallest absolute Gasteiger partial charge is 0.422 e. The van der Waals surface area contributed by atoms with Crippen LogP contribution in [0.4, 0.5) is 23.2 Å². The van der Waals surface area contributed by atoms with E-state index in [0.717, 1.165) is 36.4 Å². The Morgan fingerprint density at radius 3 is 2.27 bits per heavy atom. The maximum absolute atomic E-state index is 13.4. The molecule has 0 aliphatic rings. The zero-order valence-electron chi connectivity index (χ0n) is 12.7. The molecule has 0 aliphatic heterocycles. The number of rotatable bonds is 6. The molecule has 0 amide bonds. The second kappa shape index (κ2) is 7.20. The van der Waals surface area contributed by atoms with Crippen LogP contribution in [-0.4, -0.2) is 32.3 Å². The first kappa shape index (κ1) is 19.5. The van der Waals surface area contributed by atoms with Gasteiger partial charge in [-0.1, -0.05) is 0 Å². The summed E-state index contributed by atoms with van der Waals surface area (Å²) in [6.07, 6.45) is -4.67. The number of alkyl halides is 3. The molecule has 0 saturated carbocycles. The van der Waals surface area contributed by atoms with Gasteiger partial charge in [0, 0.05) is 6.07 Å². The van der Waals surface area contributed by atoms with Crippen molar-refractivity contribution in [3.8, 4) is 5.75 Å². The third-order valence-electron chi connectivity index (χ3n) is 2.99. The van der Waals surface area contributed by atoms with E-state index in [1.165, 1.54) is 0 Å². The number of aromatic carboxylic acids is 1. The third kappa shape index (κ3) is 5.09. The number of nitrogens with one attached hydrogen (secondary N) is 1. The van der Waals surface area contributed by atoms with E-state index in [0.29, 0.717) is 6.07 Å². The Labute approximate surface area is 145 Å². The number of carboxylic acid groups (broad SMARTS) is 1. The summed E-state index contributed by atoms with van der Waals surface area (Å²) in [5.41, 5.74) is -0.694. The number of anilines is 1. The van der Waals surface area contributed by atoms with Crippen molar-refractivity contribution in [3.63, 3.8) is 0 Å². The fourth-order valence-electron chi connectivity index (χ4n) is 1.85. The summed E-state index contributed by atoms with van der Waals surface area (Å²) in [6, 6.07) is 6.36. The SMILES string of the molecule is O=C(O)c1ccc(S(=O)(=O)Nc2cc(F)ccc2OCC(F)(F)F)cc1. The standard InChI is InChI=1S/C15H11F4NO5S/c16-10-3-6-13(25-8-15(17,18)19)12(7-10)20-26(23,24)11-4-1-9(2-5-11)14(21)22/h1-7,20H,8H2,(H,21,22). The van der Waals surface area contributed by atoms with Crippen LogP contribution in [-0.2, 0) is 10.0 Å². The summed E-state index contributed by atoms with van der Waals surface area (Å²) in [4.78, 5) is 10.4. The Morgan fingerprint density at radius 1 is 1.12 bits per heavy atom. The molecular weight excluding hydrogens is 382 g/mol. The van der Waals surface area contributed by atoms with Crippen LogP contribution in [0.15, 0.2) is 47.4 Å². The number of carbonyl (C=O) groups is 1. The molecule has 2 rings (SSSR count). The molecule has 26 heavy (non-hydrogen) atoms. The van der Waals surface area contributed by atoms with Gasteiger partial charge in [0.05, 0.1) is 16.1 Å². The molecule has 0 spiro atoms. The van der Waals surface area contributed by atoms with Crippen LogP contribution in [0, 0.1) is 5.82 Å². The van der Waals surface area contributed by atoms with Crippen LogP contribution in [0.1, 0.15) is 10.4 Å². The summed E-state index contributed by atoms with van der Waals surface area (Å²) in [5.74, 6) is -2.69. The Morgan fingerprint density at radius 2 is 1.73 bits per heavy atom. The van der Waals surface area contributed by atoms with E-state index in [1.807, 2.05) is 4.72 Å². The first-order valence-electron chi connectivity index (χ1n) is 6.83. The van der Waals surface area contributed by atoms with E-state index >= 15 is 0 Å². The Balaban J connectivity index is 2.30. The van der Waals surface area contributed by atoms with Crippen molar-refractivity contribution >= 4 is 21.7 Å². The molecule has 140 valence electrons. The van der Waals surface area contributed by atoms with E-state index in [1.54, 1.807) is 0 Å². The fraction of sp³-hybridized carbons (Fsp3) is 0.133. The Bertz CT molecular complexity index is 911. The van der Waals surface area contributed by atoms with Crippen molar-refractivity contribution < 1.29 is 40.6 Å². The van der Waals surface area contributed by atoms with Gasteiger partial charge in [0.15, 0.2) is 6.61 Å². The van der Waals surface area contributed by atoms with Gasteiger partial charge in [-0.05, 0) is 36.4 Å². The largest absolute Gasteiger partial charge is 0.482 e. The van der Waals surface area contributed by atoms with Crippen molar-refractivity contribution in [1.29, 1.82) is 0 Å². The molecule has 0 aliphatic carbocycles. The van der Waals surface area contributed by atoms with Crippen LogP contribution in [0.25, 0.3) is 0 Å². The average Bonchev–Trinajstić information content (AvgIpc) is 2.53. The maximum atomic E-state index is 13.4. The number of carboxylic acids is 1. The summed E-state index contributed by atoms with van der Waals surface area (Å²) >= 11 is 0. The predicted molar refractivity (Wildman–Crippen MR) is 82.2 cm³/mol. The molecule has 0 bridgehead atoms. The first-order chi connectivity index (χ1) is 12.0. The molecule has 0 unspecified atom stereocenters. The number of hydrogen-bond acceptors (Lipinski definition) is 4. The topological polar surface area (TPSA) is 92.7 Å². The minimum Gasteiger partial charge on any atom is -0.482 e. The molecule has 0 atom stereocenters. The molecule has 11 heteroatoms. The van der Waals surface area contributed by atoms with Gasteiger partial charge in [0.1, 0.15) is 11.6 Å². The van der Waals surface area contributed by atoms with E-state index < -0.39 is 46.0 Å². The minimum atomic E-state index is -4.67. The second-order valence-electron chi connectivity index (χ2n) is 4.98. The van der Waals surface area contributed by atoms with E-state index in [2.05, 4.69) is 4.74 Å². The number of sulfonamides is 1. The van der Waals surface area contributed by atoms with Gasteiger partial charge in [-0.2, -0.15) is 13.2 Å². The van der Waals surface area contributed by atoms with Crippen LogP contribution >= 0.6 is 0 Å². The van der Waals surface area contributed by atoms with Gasteiger partial charge in [-0.3, -0.25) is 4.72 Å². The average molecular weight is 393 g/mol. The quantitative estimate of drug-likeness (QED) is 0.735. The van der Waals surface area contributed by atoms with Gasteiger partial charge in [0.2, 0.25) is 0 Å². The number of hydrogen-bond donors (Lipinski definition) is 2. The molecule has 0 heterocycles. The second-order valence-corrected chi connectivity index (χ2v) is 6.66.